The summed E-state index contributed by atoms with van der Waals surface area (Å²) in [6, 6.07) is 18.0. The minimum Gasteiger partial charge on any atom is -0.348 e. The van der Waals surface area contributed by atoms with Gasteiger partial charge in [0, 0.05) is 12.2 Å². The molecule has 1 amide bonds. The smallest absolute Gasteiger partial charge is 0.290 e. The highest BCUT2D eigenvalue weighted by Gasteiger charge is 2.21. The third kappa shape index (κ3) is 3.96. The Hall–Kier alpha value is -3.41. The normalized spacial score (nSPS) is 11.0. The Labute approximate surface area is 163 Å². The number of fused-ring (bicyclic) bond motifs is 1. The summed E-state index contributed by atoms with van der Waals surface area (Å²) in [5, 5.41) is 0. The first-order valence-electron chi connectivity index (χ1n) is 9.47. The molecule has 4 aromatic rings. The molecule has 0 aliphatic rings. The van der Waals surface area contributed by atoms with Crippen molar-refractivity contribution in [3.05, 3.63) is 83.7 Å². The van der Waals surface area contributed by atoms with Gasteiger partial charge in [-0.25, -0.2) is 9.97 Å². The minimum atomic E-state index is -0.105. The Morgan fingerprint density at radius 2 is 1.86 bits per heavy atom. The van der Waals surface area contributed by atoms with E-state index in [1.807, 2.05) is 54.3 Å². The summed E-state index contributed by atoms with van der Waals surface area (Å²) in [7, 11) is 0. The van der Waals surface area contributed by atoms with Gasteiger partial charge in [0.25, 0.3) is 5.91 Å². The number of hydrogen-bond donors (Lipinski definition) is 2. The quantitative estimate of drug-likeness (QED) is 0.516. The maximum absolute atomic E-state index is 13.2. The molecule has 0 bridgehead atoms. The van der Waals surface area contributed by atoms with Crippen molar-refractivity contribution in [3.63, 3.8) is 0 Å². The molecular formula is C22H23N5O. The lowest BCUT2D eigenvalue weighted by atomic mass is 10.1. The van der Waals surface area contributed by atoms with E-state index in [0.717, 1.165) is 35.3 Å². The lowest BCUT2D eigenvalue weighted by Crippen LogP contribution is -2.33. The number of hydrogen-bond acceptors (Lipinski definition) is 3. The van der Waals surface area contributed by atoms with Crippen LogP contribution in [0.1, 0.15) is 34.0 Å². The second-order valence-electron chi connectivity index (χ2n) is 6.89. The molecule has 2 aromatic carbocycles. The molecule has 0 atom stereocenters. The second-order valence-corrected chi connectivity index (χ2v) is 6.89. The van der Waals surface area contributed by atoms with Crippen LogP contribution in [0.3, 0.4) is 0 Å². The molecule has 2 aromatic heterocycles. The molecule has 28 heavy (non-hydrogen) atoms. The maximum Gasteiger partial charge on any atom is 0.290 e. The van der Waals surface area contributed by atoms with Crippen LogP contribution < -0.4 is 0 Å². The summed E-state index contributed by atoms with van der Waals surface area (Å²) >= 11 is 0. The van der Waals surface area contributed by atoms with Gasteiger partial charge in [-0.15, -0.1) is 0 Å². The zero-order valence-corrected chi connectivity index (χ0v) is 15.9. The molecule has 142 valence electrons. The van der Waals surface area contributed by atoms with Crippen molar-refractivity contribution in [3.8, 4) is 0 Å². The Morgan fingerprint density at radius 1 is 1.07 bits per heavy atom. The van der Waals surface area contributed by atoms with Crippen LogP contribution in [0.2, 0.25) is 0 Å². The average Bonchev–Trinajstić information content (AvgIpc) is 3.33. The van der Waals surface area contributed by atoms with E-state index in [0.29, 0.717) is 18.9 Å². The van der Waals surface area contributed by atoms with Crippen LogP contribution >= 0.6 is 0 Å². The predicted octanol–water partition coefficient (Wildman–Crippen LogP) is 3.87. The number of benzene rings is 2. The van der Waals surface area contributed by atoms with Crippen molar-refractivity contribution in [2.24, 2.45) is 0 Å². The van der Waals surface area contributed by atoms with Gasteiger partial charge in [-0.3, -0.25) is 4.79 Å². The number of rotatable bonds is 7. The second kappa shape index (κ2) is 8.08. The first kappa shape index (κ1) is 18.0. The van der Waals surface area contributed by atoms with E-state index in [4.69, 9.17) is 0 Å². The largest absolute Gasteiger partial charge is 0.348 e. The van der Waals surface area contributed by atoms with Crippen LogP contribution in [-0.2, 0) is 13.0 Å². The summed E-state index contributed by atoms with van der Waals surface area (Å²) in [5.74, 6) is 0.265. The highest BCUT2D eigenvalue weighted by molar-refractivity contribution is 5.94. The number of H-pyrrole nitrogens is 2. The van der Waals surface area contributed by atoms with Gasteiger partial charge >= 0.3 is 0 Å². The number of carbonyl (C=O) groups excluding carboxylic acids is 1. The third-order valence-corrected chi connectivity index (χ3v) is 4.89. The van der Waals surface area contributed by atoms with Crippen molar-refractivity contribution >= 4 is 16.9 Å². The fourth-order valence-corrected chi connectivity index (χ4v) is 3.30. The number of para-hydroxylation sites is 2. The molecule has 0 aliphatic heterocycles. The molecule has 4 rings (SSSR count). The van der Waals surface area contributed by atoms with Gasteiger partial charge in [0.1, 0.15) is 0 Å². The molecule has 0 saturated heterocycles. The SMILES string of the molecule is Cc1[nH]cnc1CN(CCCc1ccccc1)C(=O)c1nc2ccccc2[nH]1. The number of nitrogens with zero attached hydrogens (tertiary/aromatic N) is 3. The number of aromatic nitrogens is 4. The predicted molar refractivity (Wildman–Crippen MR) is 109 cm³/mol. The van der Waals surface area contributed by atoms with Crippen LogP contribution in [-0.4, -0.2) is 37.3 Å². The van der Waals surface area contributed by atoms with Gasteiger partial charge in [-0.05, 0) is 37.5 Å². The first-order valence-corrected chi connectivity index (χ1v) is 9.47. The van der Waals surface area contributed by atoms with Gasteiger partial charge in [0.2, 0.25) is 0 Å². The van der Waals surface area contributed by atoms with E-state index >= 15 is 0 Å². The van der Waals surface area contributed by atoms with Gasteiger partial charge in [0.05, 0.1) is 29.6 Å². The molecule has 6 nitrogen and oxygen atoms in total. The molecule has 0 radical (unpaired) electrons. The monoisotopic (exact) mass is 373 g/mol. The Kier molecular flexibility index (Phi) is 5.19. The van der Waals surface area contributed by atoms with Crippen LogP contribution in [0.4, 0.5) is 0 Å². The van der Waals surface area contributed by atoms with Crippen molar-refractivity contribution in [1.29, 1.82) is 0 Å². The Bertz CT molecular complexity index is 1030. The van der Waals surface area contributed by atoms with Crippen molar-refractivity contribution in [2.75, 3.05) is 6.54 Å². The van der Waals surface area contributed by atoms with Gasteiger partial charge in [-0.2, -0.15) is 0 Å². The topological polar surface area (TPSA) is 77.7 Å². The van der Waals surface area contributed by atoms with Crippen molar-refractivity contribution in [1.82, 2.24) is 24.8 Å². The lowest BCUT2D eigenvalue weighted by Gasteiger charge is -2.21. The number of amides is 1. The molecule has 0 spiro atoms. The van der Waals surface area contributed by atoms with E-state index in [9.17, 15) is 4.79 Å². The summed E-state index contributed by atoms with van der Waals surface area (Å²) in [5.41, 5.74) is 4.79. The molecule has 0 fully saturated rings. The van der Waals surface area contributed by atoms with Crippen LogP contribution in [0.25, 0.3) is 11.0 Å². The summed E-state index contributed by atoms with van der Waals surface area (Å²) in [6.07, 6.45) is 3.46. The van der Waals surface area contributed by atoms with Gasteiger partial charge < -0.3 is 14.9 Å². The summed E-state index contributed by atoms with van der Waals surface area (Å²) in [4.78, 5) is 30.1. The molecule has 2 N–H and O–H groups in total. The number of carbonyl (C=O) groups is 1. The van der Waals surface area contributed by atoms with E-state index in [1.165, 1.54) is 5.56 Å². The highest BCUT2D eigenvalue weighted by Crippen LogP contribution is 2.15. The number of aromatic amines is 2. The zero-order valence-electron chi connectivity index (χ0n) is 15.9. The molecule has 0 unspecified atom stereocenters. The van der Waals surface area contributed by atoms with Crippen LogP contribution in [0, 0.1) is 6.92 Å². The van der Waals surface area contributed by atoms with Crippen LogP contribution in [0.5, 0.6) is 0 Å². The zero-order chi connectivity index (χ0) is 19.3. The fourth-order valence-electron chi connectivity index (χ4n) is 3.30. The summed E-state index contributed by atoms with van der Waals surface area (Å²) in [6.45, 7) is 3.06. The fraction of sp³-hybridized carbons (Fsp3) is 0.227. The Balaban J connectivity index is 1.52. The first-order chi connectivity index (χ1) is 13.7. The molecular weight excluding hydrogens is 350 g/mol. The van der Waals surface area contributed by atoms with Crippen molar-refractivity contribution < 1.29 is 4.79 Å². The van der Waals surface area contributed by atoms with E-state index in [2.05, 4.69) is 32.1 Å². The lowest BCUT2D eigenvalue weighted by molar-refractivity contribution is 0.0728. The molecule has 2 heterocycles. The summed E-state index contributed by atoms with van der Waals surface area (Å²) < 4.78 is 0. The van der Waals surface area contributed by atoms with E-state index in [-0.39, 0.29) is 5.91 Å². The number of aryl methyl sites for hydroxylation is 2. The van der Waals surface area contributed by atoms with E-state index < -0.39 is 0 Å². The number of imidazole rings is 2. The van der Waals surface area contributed by atoms with Gasteiger partial charge in [-0.1, -0.05) is 42.5 Å². The van der Waals surface area contributed by atoms with Gasteiger partial charge in [0.15, 0.2) is 5.82 Å². The number of nitrogens with one attached hydrogen (secondary N) is 2. The Morgan fingerprint density at radius 3 is 2.61 bits per heavy atom. The van der Waals surface area contributed by atoms with E-state index in [1.54, 1.807) is 6.33 Å². The average molecular weight is 373 g/mol. The minimum absolute atomic E-state index is 0.105. The standard InChI is InChI=1S/C22H23N5O/c1-16-20(24-15-23-16)14-27(13-7-10-17-8-3-2-4-9-17)22(28)21-25-18-11-5-6-12-19(18)26-21/h2-6,8-9,11-12,15H,7,10,13-14H2,1H3,(H,23,24)(H,25,26). The highest BCUT2D eigenvalue weighted by atomic mass is 16.2. The van der Waals surface area contributed by atoms with Crippen molar-refractivity contribution in [2.45, 2.75) is 26.3 Å². The third-order valence-electron chi connectivity index (χ3n) is 4.89. The maximum atomic E-state index is 13.2. The molecule has 6 heteroatoms. The molecule has 0 aliphatic carbocycles. The van der Waals surface area contributed by atoms with Crippen LogP contribution in [0.15, 0.2) is 60.9 Å². The molecule has 0 saturated carbocycles.